The first-order chi connectivity index (χ1) is 12.9. The summed E-state index contributed by atoms with van der Waals surface area (Å²) >= 11 is 0. The average molecular weight is 373 g/mol. The van der Waals surface area contributed by atoms with E-state index in [4.69, 9.17) is 0 Å². The highest BCUT2D eigenvalue weighted by atomic mass is 32.3. The summed E-state index contributed by atoms with van der Waals surface area (Å²) in [5, 5.41) is 0. The Labute approximate surface area is 165 Å². The SMILES string of the molecule is C=CC(=C)C1=C(c2ccccc2)C(c2ccccc2)=C(/C(C)=C/C)S1(C)C. The molecule has 0 saturated carbocycles. The van der Waals surface area contributed by atoms with Crippen molar-refractivity contribution in [3.63, 3.8) is 0 Å². The Kier molecular flexibility index (Phi) is 5.43. The van der Waals surface area contributed by atoms with Gasteiger partial charge in [-0.05, 0) is 48.6 Å². The minimum atomic E-state index is -1.23. The predicted octanol–water partition coefficient (Wildman–Crippen LogP) is 7.60. The Morgan fingerprint density at radius 2 is 1.26 bits per heavy atom. The molecule has 1 heterocycles. The van der Waals surface area contributed by atoms with Crippen molar-refractivity contribution < 1.29 is 0 Å². The van der Waals surface area contributed by atoms with E-state index in [1.165, 1.54) is 37.7 Å². The third-order valence-electron chi connectivity index (χ3n) is 5.18. The molecule has 0 nitrogen and oxygen atoms in total. The molecule has 0 atom stereocenters. The fourth-order valence-corrected chi connectivity index (χ4v) is 7.24. The van der Waals surface area contributed by atoms with Gasteiger partial charge in [0, 0.05) is 21.0 Å². The first-order valence-electron chi connectivity index (χ1n) is 9.21. The van der Waals surface area contributed by atoms with E-state index in [2.05, 4.69) is 106 Å². The van der Waals surface area contributed by atoms with Crippen molar-refractivity contribution in [2.75, 3.05) is 12.5 Å². The molecule has 138 valence electrons. The molecule has 0 N–H and O–H groups in total. The Hall–Kier alpha value is -2.51. The van der Waals surface area contributed by atoms with Gasteiger partial charge in [-0.15, -0.1) is 0 Å². The van der Waals surface area contributed by atoms with Crippen molar-refractivity contribution >= 4 is 21.2 Å². The van der Waals surface area contributed by atoms with Crippen LogP contribution in [0.15, 0.2) is 107 Å². The van der Waals surface area contributed by atoms with Gasteiger partial charge in [-0.2, -0.15) is 10.0 Å². The van der Waals surface area contributed by atoms with Crippen LogP contribution in [0.5, 0.6) is 0 Å². The Morgan fingerprint density at radius 1 is 0.815 bits per heavy atom. The van der Waals surface area contributed by atoms with Crippen LogP contribution in [0.1, 0.15) is 25.0 Å². The lowest BCUT2D eigenvalue weighted by Crippen LogP contribution is -2.02. The number of hydrogen-bond acceptors (Lipinski definition) is 0. The molecule has 0 saturated heterocycles. The van der Waals surface area contributed by atoms with Crippen molar-refractivity contribution in [3.05, 3.63) is 118 Å². The van der Waals surface area contributed by atoms with Gasteiger partial charge in [0.05, 0.1) is 0 Å². The zero-order valence-electron chi connectivity index (χ0n) is 16.8. The maximum absolute atomic E-state index is 4.37. The van der Waals surface area contributed by atoms with Gasteiger partial charge in [-0.25, -0.2) is 0 Å². The molecule has 0 aliphatic carbocycles. The Morgan fingerprint density at radius 3 is 1.67 bits per heavy atom. The van der Waals surface area contributed by atoms with Gasteiger partial charge in [-0.1, -0.05) is 86.0 Å². The lowest BCUT2D eigenvalue weighted by Gasteiger charge is -2.34. The van der Waals surface area contributed by atoms with E-state index in [9.17, 15) is 0 Å². The van der Waals surface area contributed by atoms with E-state index in [-0.39, 0.29) is 0 Å². The average Bonchev–Trinajstić information content (AvgIpc) is 2.95. The monoisotopic (exact) mass is 372 g/mol. The molecular weight excluding hydrogens is 344 g/mol. The zero-order chi connectivity index (χ0) is 19.6. The fourth-order valence-electron chi connectivity index (χ4n) is 3.91. The van der Waals surface area contributed by atoms with Crippen molar-refractivity contribution in [1.29, 1.82) is 0 Å². The number of hydrogen-bond donors (Lipinski definition) is 0. The molecule has 1 aliphatic rings. The van der Waals surface area contributed by atoms with Crippen LogP contribution in [0.25, 0.3) is 11.1 Å². The van der Waals surface area contributed by atoms with Crippen LogP contribution in [-0.4, -0.2) is 12.5 Å². The summed E-state index contributed by atoms with van der Waals surface area (Å²) in [6.07, 6.45) is 8.91. The molecule has 0 amide bonds. The molecule has 2 aromatic rings. The number of benzene rings is 2. The van der Waals surface area contributed by atoms with Crippen LogP contribution >= 0.6 is 10.0 Å². The molecule has 1 heteroatoms. The van der Waals surface area contributed by atoms with Crippen LogP contribution in [0, 0.1) is 0 Å². The van der Waals surface area contributed by atoms with Gasteiger partial charge >= 0.3 is 0 Å². The van der Waals surface area contributed by atoms with Crippen LogP contribution in [-0.2, 0) is 0 Å². The van der Waals surface area contributed by atoms with Crippen molar-refractivity contribution in [3.8, 4) is 0 Å². The highest BCUT2D eigenvalue weighted by Crippen LogP contribution is 2.70. The number of allylic oxidation sites excluding steroid dienone is 6. The summed E-state index contributed by atoms with van der Waals surface area (Å²) in [4.78, 5) is 2.80. The third-order valence-corrected chi connectivity index (χ3v) is 8.21. The molecule has 0 spiro atoms. The van der Waals surface area contributed by atoms with Crippen molar-refractivity contribution in [1.82, 2.24) is 0 Å². The number of rotatable bonds is 5. The normalized spacial score (nSPS) is 17.9. The van der Waals surface area contributed by atoms with Gasteiger partial charge in [0.2, 0.25) is 0 Å². The van der Waals surface area contributed by atoms with Crippen molar-refractivity contribution in [2.45, 2.75) is 13.8 Å². The Balaban J connectivity index is 2.48. The summed E-state index contributed by atoms with van der Waals surface area (Å²) in [7, 11) is -1.23. The quantitative estimate of drug-likeness (QED) is 0.474. The summed E-state index contributed by atoms with van der Waals surface area (Å²) in [6.45, 7) is 12.8. The topological polar surface area (TPSA) is 0 Å². The second kappa shape index (κ2) is 7.62. The van der Waals surface area contributed by atoms with Crippen LogP contribution < -0.4 is 0 Å². The zero-order valence-corrected chi connectivity index (χ0v) is 17.6. The third kappa shape index (κ3) is 3.28. The van der Waals surface area contributed by atoms with Gasteiger partial charge in [0.1, 0.15) is 0 Å². The second-order valence-corrected chi connectivity index (χ2v) is 10.6. The predicted molar refractivity (Wildman–Crippen MR) is 125 cm³/mol. The van der Waals surface area contributed by atoms with Crippen LogP contribution in [0.2, 0.25) is 0 Å². The molecular formula is C26H28S. The van der Waals surface area contributed by atoms with E-state index < -0.39 is 10.0 Å². The van der Waals surface area contributed by atoms with Gasteiger partial charge in [-0.3, -0.25) is 0 Å². The largest absolute Gasteiger partial charge is 0.192 e. The molecule has 0 radical (unpaired) electrons. The standard InChI is InChI=1S/C26H28S/c1-7-19(3)25-23(21-15-11-9-12-16-21)24(22-17-13-10-14-18-22)26(20(4)8-2)27(25,5)6/h7-18H,1,3H2,2,4-6H3/b20-8+. The molecule has 0 bridgehead atoms. The molecule has 0 fully saturated rings. The minimum Gasteiger partial charge on any atom is -0.192 e. The van der Waals surface area contributed by atoms with Gasteiger partial charge < -0.3 is 0 Å². The summed E-state index contributed by atoms with van der Waals surface area (Å²) < 4.78 is 0. The molecule has 0 unspecified atom stereocenters. The summed E-state index contributed by atoms with van der Waals surface area (Å²) in [6, 6.07) is 21.5. The maximum atomic E-state index is 4.37. The van der Waals surface area contributed by atoms with E-state index in [0.29, 0.717) is 0 Å². The van der Waals surface area contributed by atoms with E-state index in [0.717, 1.165) is 5.57 Å². The van der Waals surface area contributed by atoms with Crippen molar-refractivity contribution in [2.24, 2.45) is 0 Å². The lowest BCUT2D eigenvalue weighted by atomic mass is 9.89. The first kappa shape index (κ1) is 19.3. The molecule has 3 rings (SSSR count). The van der Waals surface area contributed by atoms with Crippen LogP contribution in [0.3, 0.4) is 0 Å². The highest BCUT2D eigenvalue weighted by Gasteiger charge is 2.38. The molecule has 27 heavy (non-hydrogen) atoms. The smallest absolute Gasteiger partial charge is 0.00883 e. The highest BCUT2D eigenvalue weighted by molar-refractivity contribution is 8.39. The van der Waals surface area contributed by atoms with Crippen LogP contribution in [0.4, 0.5) is 0 Å². The summed E-state index contributed by atoms with van der Waals surface area (Å²) in [5.74, 6) is 0. The minimum absolute atomic E-state index is 1.03. The van der Waals surface area contributed by atoms with Gasteiger partial charge in [0.15, 0.2) is 0 Å². The fraction of sp³-hybridized carbons (Fsp3) is 0.154. The molecule has 1 aliphatic heterocycles. The van der Waals surface area contributed by atoms with Gasteiger partial charge in [0.25, 0.3) is 0 Å². The van der Waals surface area contributed by atoms with E-state index in [1.807, 2.05) is 6.08 Å². The lowest BCUT2D eigenvalue weighted by molar-refractivity contribution is 1.45. The summed E-state index contributed by atoms with van der Waals surface area (Å²) in [5.41, 5.74) is 7.53. The molecule has 2 aromatic carbocycles. The maximum Gasteiger partial charge on any atom is 0.00883 e. The second-order valence-electron chi connectivity index (χ2n) is 7.17. The van der Waals surface area contributed by atoms with E-state index >= 15 is 0 Å². The molecule has 0 aromatic heterocycles. The first-order valence-corrected chi connectivity index (χ1v) is 11.7. The van der Waals surface area contributed by atoms with E-state index in [1.54, 1.807) is 0 Å². The Bertz CT molecular complexity index is 904.